The highest BCUT2D eigenvalue weighted by molar-refractivity contribution is 6.18. The fourth-order valence-electron chi connectivity index (χ4n) is 1.70. The summed E-state index contributed by atoms with van der Waals surface area (Å²) in [6.45, 7) is 3.75. The van der Waals surface area contributed by atoms with Crippen molar-refractivity contribution in [3.8, 4) is 0 Å². The average molecular weight is 218 g/mol. The largest absolute Gasteiger partial charge is 0.341 e. The highest BCUT2D eigenvalue weighted by Crippen LogP contribution is 2.28. The molecule has 0 aromatic rings. The van der Waals surface area contributed by atoms with E-state index in [9.17, 15) is 4.79 Å². The van der Waals surface area contributed by atoms with Crippen LogP contribution in [0.15, 0.2) is 0 Å². The van der Waals surface area contributed by atoms with Crippen molar-refractivity contribution in [3.05, 3.63) is 0 Å². The summed E-state index contributed by atoms with van der Waals surface area (Å²) in [5, 5.41) is 0. The van der Waals surface area contributed by atoms with Crippen LogP contribution in [-0.2, 0) is 4.79 Å². The summed E-state index contributed by atoms with van der Waals surface area (Å²) >= 11 is 5.69. The first-order chi connectivity index (χ1) is 6.79. The summed E-state index contributed by atoms with van der Waals surface area (Å²) < 4.78 is 0. The zero-order valence-electron chi connectivity index (χ0n) is 8.97. The number of halogens is 1. The van der Waals surface area contributed by atoms with Gasteiger partial charge < -0.3 is 4.90 Å². The third-order valence-corrected chi connectivity index (χ3v) is 3.07. The van der Waals surface area contributed by atoms with Crippen LogP contribution in [0.4, 0.5) is 0 Å². The van der Waals surface area contributed by atoms with Gasteiger partial charge in [-0.2, -0.15) is 0 Å². The van der Waals surface area contributed by atoms with E-state index in [-0.39, 0.29) is 0 Å². The third-order valence-electron chi connectivity index (χ3n) is 2.90. The van der Waals surface area contributed by atoms with Gasteiger partial charge in [0.05, 0.1) is 0 Å². The Morgan fingerprint density at radius 3 is 2.57 bits per heavy atom. The van der Waals surface area contributed by atoms with Crippen molar-refractivity contribution in [2.75, 3.05) is 19.0 Å². The van der Waals surface area contributed by atoms with Crippen LogP contribution in [0, 0.1) is 5.92 Å². The van der Waals surface area contributed by atoms with Gasteiger partial charge in [-0.15, -0.1) is 11.6 Å². The lowest BCUT2D eigenvalue weighted by atomic mass is 9.84. The number of unbranched alkanes of at least 4 members (excludes halogenated alkanes) is 1. The predicted molar refractivity (Wildman–Crippen MR) is 59.5 cm³/mol. The average Bonchev–Trinajstić information content (AvgIpc) is 2.09. The van der Waals surface area contributed by atoms with E-state index in [1.54, 1.807) is 0 Å². The Balaban J connectivity index is 2.34. The molecule has 0 spiro atoms. The van der Waals surface area contributed by atoms with Gasteiger partial charge >= 0.3 is 0 Å². The summed E-state index contributed by atoms with van der Waals surface area (Å²) in [5.74, 6) is 1.21. The second-order valence-electron chi connectivity index (χ2n) is 4.00. The van der Waals surface area contributed by atoms with Gasteiger partial charge in [0.1, 0.15) is 0 Å². The normalized spacial score (nSPS) is 16.4. The molecule has 0 unspecified atom stereocenters. The van der Waals surface area contributed by atoms with E-state index in [1.165, 1.54) is 6.42 Å². The molecule has 0 bridgehead atoms. The van der Waals surface area contributed by atoms with Crippen LogP contribution in [0.5, 0.6) is 0 Å². The first-order valence-electron chi connectivity index (χ1n) is 5.64. The maximum atomic E-state index is 11.9. The Hall–Kier alpha value is -0.240. The summed E-state index contributed by atoms with van der Waals surface area (Å²) in [5.41, 5.74) is 0. The molecule has 3 heteroatoms. The monoisotopic (exact) mass is 217 g/mol. The minimum Gasteiger partial charge on any atom is -0.341 e. The molecule has 0 heterocycles. The lowest BCUT2D eigenvalue weighted by Gasteiger charge is -2.31. The minimum atomic E-state index is 0.315. The Morgan fingerprint density at radius 1 is 1.43 bits per heavy atom. The van der Waals surface area contributed by atoms with E-state index < -0.39 is 0 Å². The van der Waals surface area contributed by atoms with Gasteiger partial charge in [-0.05, 0) is 19.3 Å². The Labute approximate surface area is 91.6 Å². The van der Waals surface area contributed by atoms with E-state index in [1.807, 2.05) is 4.90 Å². The van der Waals surface area contributed by atoms with Crippen molar-refractivity contribution in [1.29, 1.82) is 0 Å². The van der Waals surface area contributed by atoms with Crippen molar-refractivity contribution < 1.29 is 4.79 Å². The Morgan fingerprint density at radius 2 is 2.14 bits per heavy atom. The molecule has 0 aromatic heterocycles. The maximum absolute atomic E-state index is 11.9. The second-order valence-corrected chi connectivity index (χ2v) is 4.37. The lowest BCUT2D eigenvalue weighted by Crippen LogP contribution is -2.40. The molecule has 2 nitrogen and oxygen atoms in total. The fourth-order valence-corrected chi connectivity index (χ4v) is 1.90. The van der Waals surface area contributed by atoms with E-state index in [2.05, 4.69) is 6.92 Å². The number of alkyl halides is 1. The molecule has 0 radical (unpaired) electrons. The standard InChI is InChI=1S/C11H20ClNO/c1-2-3-8-13(9-7-12)11(14)10-5-4-6-10/h10H,2-9H2,1H3. The van der Waals surface area contributed by atoms with Crippen LogP contribution in [0.25, 0.3) is 0 Å². The summed E-state index contributed by atoms with van der Waals surface area (Å²) in [6, 6.07) is 0. The predicted octanol–water partition coefficient (Wildman–Crippen LogP) is 2.65. The van der Waals surface area contributed by atoms with Crippen LogP contribution >= 0.6 is 11.6 Å². The number of amides is 1. The molecule has 1 rings (SSSR count). The fraction of sp³-hybridized carbons (Fsp3) is 0.909. The van der Waals surface area contributed by atoms with Crippen LogP contribution in [0.1, 0.15) is 39.0 Å². The summed E-state index contributed by atoms with van der Waals surface area (Å²) in [7, 11) is 0. The number of rotatable bonds is 6. The molecular formula is C11H20ClNO. The van der Waals surface area contributed by atoms with Crippen LogP contribution in [0.3, 0.4) is 0 Å². The molecule has 1 amide bonds. The molecular weight excluding hydrogens is 198 g/mol. The van der Waals surface area contributed by atoms with Crippen molar-refractivity contribution in [2.24, 2.45) is 5.92 Å². The smallest absolute Gasteiger partial charge is 0.225 e. The quantitative estimate of drug-likeness (QED) is 0.627. The highest BCUT2D eigenvalue weighted by atomic mass is 35.5. The van der Waals surface area contributed by atoms with Gasteiger partial charge in [-0.25, -0.2) is 0 Å². The topological polar surface area (TPSA) is 20.3 Å². The molecule has 82 valence electrons. The SMILES string of the molecule is CCCCN(CCCl)C(=O)C1CCC1. The number of carbonyl (C=O) groups is 1. The van der Waals surface area contributed by atoms with Crippen LogP contribution in [0.2, 0.25) is 0 Å². The number of hydrogen-bond donors (Lipinski definition) is 0. The van der Waals surface area contributed by atoms with Gasteiger partial charge in [-0.1, -0.05) is 19.8 Å². The first kappa shape index (κ1) is 11.8. The second kappa shape index (κ2) is 6.28. The molecule has 0 aromatic carbocycles. The third kappa shape index (κ3) is 3.16. The summed E-state index contributed by atoms with van der Waals surface area (Å²) in [4.78, 5) is 13.8. The van der Waals surface area contributed by atoms with E-state index in [4.69, 9.17) is 11.6 Å². The van der Waals surface area contributed by atoms with Crippen molar-refractivity contribution >= 4 is 17.5 Å². The van der Waals surface area contributed by atoms with Crippen molar-refractivity contribution in [3.63, 3.8) is 0 Å². The molecule has 0 N–H and O–H groups in total. The highest BCUT2D eigenvalue weighted by Gasteiger charge is 2.28. The molecule has 0 atom stereocenters. The molecule has 0 aliphatic heterocycles. The van der Waals surface area contributed by atoms with E-state index in [0.717, 1.165) is 38.8 Å². The molecule has 1 aliphatic carbocycles. The van der Waals surface area contributed by atoms with Gasteiger partial charge in [0.25, 0.3) is 0 Å². The Kier molecular flexibility index (Phi) is 5.31. The van der Waals surface area contributed by atoms with Gasteiger partial charge in [0, 0.05) is 24.9 Å². The van der Waals surface area contributed by atoms with Crippen molar-refractivity contribution in [1.82, 2.24) is 4.90 Å². The van der Waals surface area contributed by atoms with Crippen LogP contribution in [-0.4, -0.2) is 29.8 Å². The van der Waals surface area contributed by atoms with Gasteiger partial charge in [-0.3, -0.25) is 4.79 Å². The van der Waals surface area contributed by atoms with E-state index >= 15 is 0 Å². The molecule has 1 aliphatic rings. The zero-order chi connectivity index (χ0) is 10.4. The minimum absolute atomic E-state index is 0.315. The van der Waals surface area contributed by atoms with E-state index in [0.29, 0.717) is 17.7 Å². The number of carbonyl (C=O) groups excluding carboxylic acids is 1. The lowest BCUT2D eigenvalue weighted by molar-refractivity contribution is -0.138. The molecule has 14 heavy (non-hydrogen) atoms. The van der Waals surface area contributed by atoms with Crippen molar-refractivity contribution in [2.45, 2.75) is 39.0 Å². The first-order valence-corrected chi connectivity index (χ1v) is 6.17. The zero-order valence-corrected chi connectivity index (χ0v) is 9.72. The maximum Gasteiger partial charge on any atom is 0.225 e. The van der Waals surface area contributed by atoms with Gasteiger partial charge in [0.15, 0.2) is 0 Å². The Bertz CT molecular complexity index is 180. The molecule has 0 saturated heterocycles. The van der Waals surface area contributed by atoms with Gasteiger partial charge in [0.2, 0.25) is 5.91 Å². The molecule has 1 saturated carbocycles. The van der Waals surface area contributed by atoms with Crippen LogP contribution < -0.4 is 0 Å². The number of nitrogens with zero attached hydrogens (tertiary/aromatic N) is 1. The molecule has 1 fully saturated rings. The summed E-state index contributed by atoms with van der Waals surface area (Å²) in [6.07, 6.45) is 5.62. The number of hydrogen-bond acceptors (Lipinski definition) is 1.